The first kappa shape index (κ1) is 21.4. The maximum absolute atomic E-state index is 6.88. The highest BCUT2D eigenvalue weighted by molar-refractivity contribution is 6.31. The summed E-state index contributed by atoms with van der Waals surface area (Å²) in [7, 11) is 0. The number of ether oxygens (including phenoxy) is 2. The summed E-state index contributed by atoms with van der Waals surface area (Å²) >= 11 is 6.20. The fourth-order valence-electron chi connectivity index (χ4n) is 4.39. The molecule has 0 radical (unpaired) electrons. The Morgan fingerprint density at radius 1 is 0.848 bits per heavy atom. The van der Waals surface area contributed by atoms with Gasteiger partial charge in [-0.05, 0) is 16.7 Å². The van der Waals surface area contributed by atoms with Gasteiger partial charge in [0.25, 0.3) is 0 Å². The normalized spacial score (nSPS) is 13.3. The fraction of sp³-hybridized carbons (Fsp3) is 0.185. The summed E-state index contributed by atoms with van der Waals surface area (Å²) < 4.78 is 12.6. The standard InChI is InChI=1S/C27H24ClN3O2/c28-26-25-24(20-29-30-26)31(16-18-32-25)17-19-33-27(21-10-4-1-5-11-21,22-12-6-2-7-13-22)23-14-8-3-9-15-23/h1-15,20H,16-19H2. The number of anilines is 1. The average molecular weight is 458 g/mol. The van der Waals surface area contributed by atoms with E-state index in [0.29, 0.717) is 25.5 Å². The zero-order valence-electron chi connectivity index (χ0n) is 18.1. The number of fused-ring (bicyclic) bond motifs is 1. The molecule has 6 heteroatoms. The van der Waals surface area contributed by atoms with Crippen molar-refractivity contribution in [2.75, 3.05) is 31.2 Å². The van der Waals surface area contributed by atoms with E-state index < -0.39 is 5.60 Å². The van der Waals surface area contributed by atoms with E-state index in [4.69, 9.17) is 21.1 Å². The van der Waals surface area contributed by atoms with E-state index in [-0.39, 0.29) is 5.15 Å². The summed E-state index contributed by atoms with van der Waals surface area (Å²) in [6, 6.07) is 31.2. The van der Waals surface area contributed by atoms with Gasteiger partial charge >= 0.3 is 0 Å². The van der Waals surface area contributed by atoms with Gasteiger partial charge in [0.05, 0.1) is 19.3 Å². The van der Waals surface area contributed by atoms with E-state index in [0.717, 1.165) is 28.9 Å². The highest BCUT2D eigenvalue weighted by Gasteiger charge is 2.37. The van der Waals surface area contributed by atoms with Crippen LogP contribution in [0.2, 0.25) is 5.15 Å². The second-order valence-corrected chi connectivity index (χ2v) is 8.17. The van der Waals surface area contributed by atoms with E-state index in [1.807, 2.05) is 18.2 Å². The summed E-state index contributed by atoms with van der Waals surface area (Å²) in [6.45, 7) is 2.41. The highest BCUT2D eigenvalue weighted by Crippen LogP contribution is 2.41. The second-order valence-electron chi connectivity index (χ2n) is 7.81. The van der Waals surface area contributed by atoms with E-state index >= 15 is 0 Å². The van der Waals surface area contributed by atoms with Crippen LogP contribution in [-0.4, -0.2) is 36.5 Å². The Kier molecular flexibility index (Phi) is 6.24. The van der Waals surface area contributed by atoms with Gasteiger partial charge < -0.3 is 14.4 Å². The van der Waals surface area contributed by atoms with Crippen LogP contribution in [0.25, 0.3) is 0 Å². The molecule has 1 aliphatic heterocycles. The highest BCUT2D eigenvalue weighted by atomic mass is 35.5. The lowest BCUT2D eigenvalue weighted by Gasteiger charge is -2.37. The van der Waals surface area contributed by atoms with Gasteiger partial charge in [0.15, 0.2) is 10.9 Å². The smallest absolute Gasteiger partial charge is 0.195 e. The third-order valence-electron chi connectivity index (χ3n) is 5.91. The Morgan fingerprint density at radius 3 is 1.94 bits per heavy atom. The molecule has 0 bridgehead atoms. The summed E-state index contributed by atoms with van der Waals surface area (Å²) in [6.07, 6.45) is 1.69. The summed E-state index contributed by atoms with van der Waals surface area (Å²) in [5.41, 5.74) is 3.35. The molecule has 3 aromatic carbocycles. The van der Waals surface area contributed by atoms with Crippen molar-refractivity contribution in [1.82, 2.24) is 10.2 Å². The average Bonchev–Trinajstić information content (AvgIpc) is 2.89. The molecular formula is C27H24ClN3O2. The Bertz CT molecular complexity index is 1090. The van der Waals surface area contributed by atoms with Gasteiger partial charge in [-0.3, -0.25) is 0 Å². The first-order chi connectivity index (χ1) is 16.3. The Balaban J connectivity index is 1.51. The third kappa shape index (κ3) is 4.17. The van der Waals surface area contributed by atoms with Gasteiger partial charge in [0.2, 0.25) is 0 Å². The number of aromatic nitrogens is 2. The van der Waals surface area contributed by atoms with Crippen LogP contribution in [0.4, 0.5) is 5.69 Å². The molecule has 0 fully saturated rings. The molecule has 5 rings (SSSR count). The number of nitrogens with zero attached hydrogens (tertiary/aromatic N) is 3. The maximum Gasteiger partial charge on any atom is 0.195 e. The predicted octanol–water partition coefficient (Wildman–Crippen LogP) is 5.34. The lowest BCUT2D eigenvalue weighted by Crippen LogP contribution is -2.39. The third-order valence-corrected chi connectivity index (χ3v) is 6.16. The summed E-state index contributed by atoms with van der Waals surface area (Å²) in [5, 5.41) is 8.18. The molecule has 4 aromatic rings. The van der Waals surface area contributed by atoms with Crippen LogP contribution in [0.3, 0.4) is 0 Å². The summed E-state index contributed by atoms with van der Waals surface area (Å²) in [5.74, 6) is 0.582. The molecule has 1 aromatic heterocycles. The Morgan fingerprint density at radius 2 is 1.39 bits per heavy atom. The van der Waals surface area contributed by atoms with Crippen molar-refractivity contribution in [3.05, 3.63) is 119 Å². The van der Waals surface area contributed by atoms with E-state index in [2.05, 4.69) is 87.9 Å². The number of hydrogen-bond donors (Lipinski definition) is 0. The molecule has 33 heavy (non-hydrogen) atoms. The minimum atomic E-state index is -0.743. The van der Waals surface area contributed by atoms with Crippen LogP contribution >= 0.6 is 11.6 Å². The lowest BCUT2D eigenvalue weighted by atomic mass is 9.80. The van der Waals surface area contributed by atoms with Gasteiger partial charge in [0, 0.05) is 6.54 Å². The van der Waals surface area contributed by atoms with Crippen LogP contribution in [0, 0.1) is 0 Å². The largest absolute Gasteiger partial charge is 0.486 e. The second kappa shape index (κ2) is 9.61. The van der Waals surface area contributed by atoms with Crippen molar-refractivity contribution >= 4 is 17.3 Å². The van der Waals surface area contributed by atoms with Crippen LogP contribution in [0.5, 0.6) is 5.75 Å². The minimum Gasteiger partial charge on any atom is -0.486 e. The van der Waals surface area contributed by atoms with E-state index in [9.17, 15) is 0 Å². The number of hydrogen-bond acceptors (Lipinski definition) is 5. The molecule has 0 N–H and O–H groups in total. The van der Waals surface area contributed by atoms with E-state index in [1.165, 1.54) is 0 Å². The van der Waals surface area contributed by atoms with Crippen LogP contribution in [0.15, 0.2) is 97.2 Å². The first-order valence-electron chi connectivity index (χ1n) is 11.0. The monoisotopic (exact) mass is 457 g/mol. The topological polar surface area (TPSA) is 47.5 Å². The molecule has 0 saturated heterocycles. The maximum atomic E-state index is 6.88. The number of benzene rings is 3. The molecule has 0 unspecified atom stereocenters. The van der Waals surface area contributed by atoms with Gasteiger partial charge in [-0.25, -0.2) is 0 Å². The molecule has 2 heterocycles. The van der Waals surface area contributed by atoms with Gasteiger partial charge in [-0.15, -0.1) is 5.10 Å². The molecule has 0 saturated carbocycles. The van der Waals surface area contributed by atoms with Gasteiger partial charge in [0.1, 0.15) is 17.9 Å². The molecule has 5 nitrogen and oxygen atoms in total. The van der Waals surface area contributed by atoms with Gasteiger partial charge in [-0.1, -0.05) is 103 Å². The molecule has 0 aliphatic carbocycles. The quantitative estimate of drug-likeness (QED) is 0.351. The first-order valence-corrected chi connectivity index (χ1v) is 11.4. The SMILES string of the molecule is Clc1nncc2c1OCCN2CCOC(c1ccccc1)(c1ccccc1)c1ccccc1. The molecule has 0 spiro atoms. The summed E-state index contributed by atoms with van der Waals surface area (Å²) in [4.78, 5) is 2.19. The van der Waals surface area contributed by atoms with Crippen LogP contribution < -0.4 is 9.64 Å². The van der Waals surface area contributed by atoms with Crippen LogP contribution in [0.1, 0.15) is 16.7 Å². The van der Waals surface area contributed by atoms with Crippen molar-refractivity contribution in [2.45, 2.75) is 5.60 Å². The van der Waals surface area contributed by atoms with Crippen molar-refractivity contribution in [3.63, 3.8) is 0 Å². The molecule has 1 aliphatic rings. The van der Waals surface area contributed by atoms with Crippen molar-refractivity contribution in [3.8, 4) is 5.75 Å². The molecule has 0 atom stereocenters. The molecule has 0 amide bonds. The Labute approximate surface area is 198 Å². The zero-order valence-corrected chi connectivity index (χ0v) is 18.9. The van der Waals surface area contributed by atoms with Crippen molar-refractivity contribution in [2.24, 2.45) is 0 Å². The van der Waals surface area contributed by atoms with Crippen LogP contribution in [-0.2, 0) is 10.3 Å². The minimum absolute atomic E-state index is 0.283. The van der Waals surface area contributed by atoms with E-state index in [1.54, 1.807) is 6.20 Å². The number of halogens is 1. The van der Waals surface area contributed by atoms with Crippen molar-refractivity contribution < 1.29 is 9.47 Å². The molecule has 166 valence electrons. The predicted molar refractivity (Wildman–Crippen MR) is 130 cm³/mol. The fourth-order valence-corrected chi connectivity index (χ4v) is 4.59. The lowest BCUT2D eigenvalue weighted by molar-refractivity contribution is 0.0168. The Hall–Kier alpha value is -3.41. The molecular weight excluding hydrogens is 434 g/mol. The zero-order chi connectivity index (χ0) is 22.5. The number of rotatable bonds is 7. The van der Waals surface area contributed by atoms with Gasteiger partial charge in [-0.2, -0.15) is 5.10 Å². The van der Waals surface area contributed by atoms with Crippen molar-refractivity contribution in [1.29, 1.82) is 0 Å².